The molecule has 1 aromatic rings. The molecular formula is C10H8ClF3N2O2. The van der Waals surface area contributed by atoms with E-state index >= 15 is 0 Å². The number of aliphatic hydroxyl groups excluding tert-OH is 1. The van der Waals surface area contributed by atoms with Crippen LogP contribution in [0.1, 0.15) is 12.1 Å². The van der Waals surface area contributed by atoms with Gasteiger partial charge in [-0.3, -0.25) is 4.79 Å². The summed E-state index contributed by atoms with van der Waals surface area (Å²) < 4.78 is 37.1. The minimum Gasteiger partial charge on any atom is -0.391 e. The van der Waals surface area contributed by atoms with Crippen molar-refractivity contribution in [3.05, 3.63) is 23.0 Å². The number of hydrogen-bond donors (Lipinski definition) is 1. The zero-order valence-electron chi connectivity index (χ0n) is 8.91. The summed E-state index contributed by atoms with van der Waals surface area (Å²) in [4.78, 5) is 15.8. The molecule has 1 saturated heterocycles. The number of nitrogens with zero attached hydrogens (tertiary/aromatic N) is 2. The molecule has 1 aliphatic heterocycles. The van der Waals surface area contributed by atoms with Crippen LogP contribution in [0.3, 0.4) is 0 Å². The fraction of sp³-hybridized carbons (Fsp3) is 0.400. The highest BCUT2D eigenvalue weighted by Crippen LogP contribution is 2.33. The number of aromatic nitrogens is 1. The first-order valence-electron chi connectivity index (χ1n) is 5.01. The third-order valence-electron chi connectivity index (χ3n) is 2.51. The second-order valence-electron chi connectivity index (χ2n) is 3.87. The van der Waals surface area contributed by atoms with E-state index in [1.54, 1.807) is 0 Å². The van der Waals surface area contributed by atoms with E-state index in [4.69, 9.17) is 11.6 Å². The molecule has 1 unspecified atom stereocenters. The number of β-amino-alcohol motifs (C(OH)–C–C–N with tert-alkyl or cyclic N) is 1. The maximum Gasteiger partial charge on any atom is 0.433 e. The van der Waals surface area contributed by atoms with Crippen LogP contribution < -0.4 is 4.90 Å². The molecule has 18 heavy (non-hydrogen) atoms. The molecule has 1 aliphatic rings. The van der Waals surface area contributed by atoms with E-state index in [1.807, 2.05) is 0 Å². The summed E-state index contributed by atoms with van der Waals surface area (Å²) in [6.45, 7) is 0.00555. The number of anilines is 1. The Morgan fingerprint density at radius 3 is 2.56 bits per heavy atom. The van der Waals surface area contributed by atoms with Gasteiger partial charge in [0, 0.05) is 0 Å². The van der Waals surface area contributed by atoms with Crippen LogP contribution in [0.25, 0.3) is 0 Å². The van der Waals surface area contributed by atoms with E-state index < -0.39 is 29.0 Å². The summed E-state index contributed by atoms with van der Waals surface area (Å²) in [7, 11) is 0. The minimum atomic E-state index is -4.59. The number of hydrogen-bond acceptors (Lipinski definition) is 3. The molecule has 98 valence electrons. The summed E-state index contributed by atoms with van der Waals surface area (Å²) in [6, 6.07) is 1.83. The first kappa shape index (κ1) is 13.1. The highest BCUT2D eigenvalue weighted by molar-refractivity contribution is 6.32. The Balaban J connectivity index is 2.34. The van der Waals surface area contributed by atoms with Gasteiger partial charge in [0.15, 0.2) is 5.15 Å². The molecule has 0 spiro atoms. The van der Waals surface area contributed by atoms with Crippen LogP contribution in [0.4, 0.5) is 18.9 Å². The zero-order valence-corrected chi connectivity index (χ0v) is 9.66. The second-order valence-corrected chi connectivity index (χ2v) is 4.22. The van der Waals surface area contributed by atoms with Crippen molar-refractivity contribution in [1.82, 2.24) is 4.98 Å². The van der Waals surface area contributed by atoms with E-state index in [1.165, 1.54) is 0 Å². The van der Waals surface area contributed by atoms with Gasteiger partial charge in [0.25, 0.3) is 0 Å². The number of carbonyl (C=O) groups excluding carboxylic acids is 1. The Morgan fingerprint density at radius 2 is 2.11 bits per heavy atom. The molecule has 1 amide bonds. The zero-order chi connectivity index (χ0) is 13.5. The van der Waals surface area contributed by atoms with Crippen molar-refractivity contribution in [1.29, 1.82) is 0 Å². The molecule has 1 aromatic heterocycles. The van der Waals surface area contributed by atoms with Crippen LogP contribution in [0, 0.1) is 0 Å². The van der Waals surface area contributed by atoms with Gasteiger partial charge in [-0.25, -0.2) is 4.98 Å². The Bertz CT molecular complexity index is 493. The van der Waals surface area contributed by atoms with Crippen molar-refractivity contribution in [2.75, 3.05) is 11.4 Å². The summed E-state index contributed by atoms with van der Waals surface area (Å²) in [5, 5.41) is 8.89. The molecule has 2 heterocycles. The molecule has 0 aromatic carbocycles. The summed E-state index contributed by atoms with van der Waals surface area (Å²) in [6.07, 6.45) is -5.50. The number of rotatable bonds is 1. The van der Waals surface area contributed by atoms with E-state index in [0.717, 1.165) is 17.0 Å². The van der Waals surface area contributed by atoms with Gasteiger partial charge in [-0.05, 0) is 12.1 Å². The van der Waals surface area contributed by atoms with Gasteiger partial charge >= 0.3 is 6.18 Å². The monoisotopic (exact) mass is 280 g/mol. The van der Waals surface area contributed by atoms with Crippen molar-refractivity contribution < 1.29 is 23.1 Å². The van der Waals surface area contributed by atoms with Gasteiger partial charge in [-0.1, -0.05) is 11.6 Å². The molecule has 0 saturated carbocycles. The average molecular weight is 281 g/mol. The molecule has 1 atom stereocenters. The molecule has 8 heteroatoms. The Kier molecular flexibility index (Phi) is 3.20. The Hall–Kier alpha value is -1.34. The van der Waals surface area contributed by atoms with E-state index in [0.29, 0.717) is 0 Å². The number of pyridine rings is 1. The first-order chi connectivity index (χ1) is 8.29. The van der Waals surface area contributed by atoms with Crippen LogP contribution in [0.15, 0.2) is 12.1 Å². The van der Waals surface area contributed by atoms with Crippen LogP contribution in [0.5, 0.6) is 0 Å². The molecule has 0 aliphatic carbocycles. The largest absolute Gasteiger partial charge is 0.433 e. The molecule has 2 rings (SSSR count). The summed E-state index contributed by atoms with van der Waals surface area (Å²) in [5.74, 6) is -0.397. The predicted octanol–water partition coefficient (Wildman–Crippen LogP) is 1.85. The molecule has 1 fully saturated rings. The Labute approximate surface area is 105 Å². The van der Waals surface area contributed by atoms with Gasteiger partial charge in [-0.15, -0.1) is 0 Å². The summed E-state index contributed by atoms with van der Waals surface area (Å²) in [5.41, 5.74) is -1.05. The standard InChI is InChI=1S/C10H8ClF3N2O2/c11-9-6(16-4-5(17)3-8(16)18)1-2-7(15-9)10(12,13)14/h1-2,5,17H,3-4H2. The van der Waals surface area contributed by atoms with Crippen LogP contribution in [0.2, 0.25) is 5.15 Å². The SMILES string of the molecule is O=C1CC(O)CN1c1ccc(C(F)(F)F)nc1Cl. The molecule has 1 N–H and O–H groups in total. The number of halogens is 4. The van der Waals surface area contributed by atoms with Gasteiger partial charge in [0.05, 0.1) is 24.8 Å². The van der Waals surface area contributed by atoms with Crippen LogP contribution in [-0.4, -0.2) is 28.6 Å². The topological polar surface area (TPSA) is 53.4 Å². The fourth-order valence-corrected chi connectivity index (χ4v) is 1.96. The van der Waals surface area contributed by atoms with Gasteiger partial charge in [0.1, 0.15) is 5.69 Å². The molecular weight excluding hydrogens is 273 g/mol. The third-order valence-corrected chi connectivity index (χ3v) is 2.79. The quantitative estimate of drug-likeness (QED) is 0.799. The van der Waals surface area contributed by atoms with Gasteiger partial charge in [0.2, 0.25) is 5.91 Å². The predicted molar refractivity (Wildman–Crippen MR) is 57.2 cm³/mol. The van der Waals surface area contributed by atoms with Crippen molar-refractivity contribution in [2.45, 2.75) is 18.7 Å². The van der Waals surface area contributed by atoms with E-state index in [9.17, 15) is 23.1 Å². The maximum absolute atomic E-state index is 12.4. The van der Waals surface area contributed by atoms with Crippen LogP contribution >= 0.6 is 11.6 Å². The van der Waals surface area contributed by atoms with Crippen molar-refractivity contribution in [3.8, 4) is 0 Å². The lowest BCUT2D eigenvalue weighted by atomic mass is 10.3. The van der Waals surface area contributed by atoms with Gasteiger partial charge in [-0.2, -0.15) is 13.2 Å². The van der Waals surface area contributed by atoms with Crippen molar-refractivity contribution in [3.63, 3.8) is 0 Å². The van der Waals surface area contributed by atoms with E-state index in [2.05, 4.69) is 4.98 Å². The lowest BCUT2D eigenvalue weighted by Gasteiger charge is -2.17. The minimum absolute atomic E-state index is 0.00555. The highest BCUT2D eigenvalue weighted by atomic mass is 35.5. The smallest absolute Gasteiger partial charge is 0.391 e. The molecule has 4 nitrogen and oxygen atoms in total. The number of aliphatic hydroxyl groups is 1. The highest BCUT2D eigenvalue weighted by Gasteiger charge is 2.35. The van der Waals surface area contributed by atoms with Crippen LogP contribution in [-0.2, 0) is 11.0 Å². The third kappa shape index (κ3) is 2.41. The first-order valence-corrected chi connectivity index (χ1v) is 5.39. The van der Waals surface area contributed by atoms with Crippen molar-refractivity contribution >= 4 is 23.2 Å². The average Bonchev–Trinajstić information content (AvgIpc) is 2.56. The lowest BCUT2D eigenvalue weighted by molar-refractivity contribution is -0.141. The number of alkyl halides is 3. The Morgan fingerprint density at radius 1 is 1.44 bits per heavy atom. The lowest BCUT2D eigenvalue weighted by Crippen LogP contribution is -2.26. The van der Waals surface area contributed by atoms with Gasteiger partial charge < -0.3 is 10.0 Å². The number of amides is 1. The maximum atomic E-state index is 12.4. The second kappa shape index (κ2) is 4.40. The van der Waals surface area contributed by atoms with Crippen molar-refractivity contribution in [2.24, 2.45) is 0 Å². The summed E-state index contributed by atoms with van der Waals surface area (Å²) >= 11 is 5.64. The molecule has 0 bridgehead atoms. The fourth-order valence-electron chi connectivity index (χ4n) is 1.71. The normalized spacial score (nSPS) is 20.6. The van der Waals surface area contributed by atoms with E-state index in [-0.39, 0.29) is 18.7 Å². The number of carbonyl (C=O) groups is 1. The molecule has 0 radical (unpaired) electrons.